The zero-order valence-electron chi connectivity index (χ0n) is 10.3. The highest BCUT2D eigenvalue weighted by molar-refractivity contribution is 7.12. The Morgan fingerprint density at radius 2 is 1.94 bits per heavy atom. The molecule has 0 aliphatic rings. The highest BCUT2D eigenvalue weighted by Crippen LogP contribution is 2.28. The second kappa shape index (κ2) is 5.83. The molecule has 2 nitrogen and oxygen atoms in total. The van der Waals surface area contributed by atoms with E-state index in [4.69, 9.17) is 5.11 Å². The smallest absolute Gasteiger partial charge is 0.346 e. The van der Waals surface area contributed by atoms with Crippen LogP contribution in [0, 0.1) is 0 Å². The molecule has 0 saturated heterocycles. The maximum atomic E-state index is 11.1. The predicted molar refractivity (Wildman–Crippen MR) is 75.3 cm³/mol. The second-order valence-electron chi connectivity index (χ2n) is 4.27. The van der Waals surface area contributed by atoms with Gasteiger partial charge < -0.3 is 5.11 Å². The fourth-order valence-electron chi connectivity index (χ4n) is 1.93. The number of carboxylic acids is 1. The number of rotatable bonds is 5. The van der Waals surface area contributed by atoms with Crippen LogP contribution >= 0.6 is 11.3 Å². The van der Waals surface area contributed by atoms with Gasteiger partial charge in [-0.05, 0) is 35.4 Å². The summed E-state index contributed by atoms with van der Waals surface area (Å²) in [6.45, 7) is 2.18. The highest BCUT2D eigenvalue weighted by atomic mass is 32.1. The van der Waals surface area contributed by atoms with Gasteiger partial charge in [0.2, 0.25) is 0 Å². The van der Waals surface area contributed by atoms with Crippen LogP contribution in [0.15, 0.2) is 35.7 Å². The first-order chi connectivity index (χ1) is 8.72. The molecule has 1 N–H and O–H groups in total. The Kier molecular flexibility index (Phi) is 4.15. The molecular weight excluding hydrogens is 244 g/mol. The Morgan fingerprint density at radius 3 is 2.56 bits per heavy atom. The predicted octanol–water partition coefficient (Wildman–Crippen LogP) is 4.46. The molecule has 18 heavy (non-hydrogen) atoms. The third kappa shape index (κ3) is 2.79. The van der Waals surface area contributed by atoms with Crippen LogP contribution in [0.25, 0.3) is 11.1 Å². The van der Waals surface area contributed by atoms with Crippen molar-refractivity contribution in [2.24, 2.45) is 0 Å². The minimum absolute atomic E-state index is 0.413. The Bertz CT molecular complexity index is 526. The van der Waals surface area contributed by atoms with Gasteiger partial charge in [0.1, 0.15) is 4.88 Å². The lowest BCUT2D eigenvalue weighted by atomic mass is 10.0. The summed E-state index contributed by atoms with van der Waals surface area (Å²) in [6.07, 6.45) is 3.47. The van der Waals surface area contributed by atoms with Crippen LogP contribution in [0.4, 0.5) is 0 Å². The molecule has 1 heterocycles. The SMILES string of the molecule is CCCCc1ccc(-c2ccsc2C(=O)O)cc1. The molecule has 2 rings (SSSR count). The zero-order valence-corrected chi connectivity index (χ0v) is 11.2. The number of aryl methyl sites for hydroxylation is 1. The quantitative estimate of drug-likeness (QED) is 0.862. The van der Waals surface area contributed by atoms with Crippen molar-refractivity contribution in [2.75, 3.05) is 0 Å². The van der Waals surface area contributed by atoms with E-state index in [-0.39, 0.29) is 0 Å². The molecule has 0 fully saturated rings. The van der Waals surface area contributed by atoms with Crippen LogP contribution in [0.5, 0.6) is 0 Å². The molecule has 0 aliphatic carbocycles. The maximum Gasteiger partial charge on any atom is 0.346 e. The van der Waals surface area contributed by atoms with E-state index in [1.807, 2.05) is 23.6 Å². The van der Waals surface area contributed by atoms with Gasteiger partial charge in [0.25, 0.3) is 0 Å². The summed E-state index contributed by atoms with van der Waals surface area (Å²) in [6, 6.07) is 10.1. The Hall–Kier alpha value is -1.61. The van der Waals surface area contributed by atoms with Gasteiger partial charge in [0.15, 0.2) is 0 Å². The fourth-order valence-corrected chi connectivity index (χ4v) is 2.69. The van der Waals surface area contributed by atoms with Gasteiger partial charge in [0.05, 0.1) is 0 Å². The van der Waals surface area contributed by atoms with Gasteiger partial charge >= 0.3 is 5.97 Å². The molecule has 1 aromatic heterocycles. The van der Waals surface area contributed by atoms with Crippen molar-refractivity contribution in [2.45, 2.75) is 26.2 Å². The van der Waals surface area contributed by atoms with E-state index in [9.17, 15) is 4.79 Å². The van der Waals surface area contributed by atoms with E-state index in [0.29, 0.717) is 4.88 Å². The molecule has 0 unspecified atom stereocenters. The van der Waals surface area contributed by atoms with Crippen LogP contribution < -0.4 is 0 Å². The third-order valence-corrected chi connectivity index (χ3v) is 3.85. The van der Waals surface area contributed by atoms with Gasteiger partial charge in [0, 0.05) is 5.56 Å². The second-order valence-corrected chi connectivity index (χ2v) is 5.19. The average Bonchev–Trinajstić information content (AvgIpc) is 2.86. The molecule has 0 radical (unpaired) electrons. The van der Waals surface area contributed by atoms with Crippen LogP contribution in [0.3, 0.4) is 0 Å². The standard InChI is InChI=1S/C15H16O2S/c1-2-3-4-11-5-7-12(8-6-11)13-9-10-18-14(13)15(16)17/h5-10H,2-4H2,1H3,(H,16,17). The summed E-state index contributed by atoms with van der Waals surface area (Å²) in [5, 5.41) is 10.9. The Labute approximate surface area is 111 Å². The normalized spacial score (nSPS) is 10.5. The van der Waals surface area contributed by atoms with E-state index in [1.165, 1.54) is 29.7 Å². The Balaban J connectivity index is 2.23. The first kappa shape index (κ1) is 12.8. The molecule has 0 bridgehead atoms. The molecule has 94 valence electrons. The zero-order chi connectivity index (χ0) is 13.0. The average molecular weight is 260 g/mol. The molecule has 0 spiro atoms. The van der Waals surface area contributed by atoms with Crippen LogP contribution in [0.1, 0.15) is 35.0 Å². The molecule has 0 aliphatic heterocycles. The van der Waals surface area contributed by atoms with Gasteiger partial charge in [-0.15, -0.1) is 11.3 Å². The molecule has 0 amide bonds. The first-order valence-corrected chi connectivity index (χ1v) is 7.00. The van der Waals surface area contributed by atoms with Crippen LogP contribution in [0.2, 0.25) is 0 Å². The van der Waals surface area contributed by atoms with Crippen molar-refractivity contribution >= 4 is 17.3 Å². The van der Waals surface area contributed by atoms with E-state index in [0.717, 1.165) is 17.5 Å². The lowest BCUT2D eigenvalue weighted by molar-refractivity contribution is 0.0703. The molecular formula is C15H16O2S. The topological polar surface area (TPSA) is 37.3 Å². The summed E-state index contributed by atoms with van der Waals surface area (Å²) >= 11 is 1.27. The lowest BCUT2D eigenvalue weighted by Gasteiger charge is -2.03. The van der Waals surface area contributed by atoms with Crippen molar-refractivity contribution < 1.29 is 9.90 Å². The molecule has 3 heteroatoms. The third-order valence-electron chi connectivity index (χ3n) is 2.94. The number of hydrogen-bond donors (Lipinski definition) is 1. The number of benzene rings is 1. The molecule has 1 aromatic carbocycles. The number of hydrogen-bond acceptors (Lipinski definition) is 2. The monoisotopic (exact) mass is 260 g/mol. The van der Waals surface area contributed by atoms with Gasteiger partial charge in [-0.1, -0.05) is 37.6 Å². The van der Waals surface area contributed by atoms with E-state index >= 15 is 0 Å². The first-order valence-electron chi connectivity index (χ1n) is 6.12. The maximum absolute atomic E-state index is 11.1. The van der Waals surface area contributed by atoms with Crippen molar-refractivity contribution in [3.8, 4) is 11.1 Å². The van der Waals surface area contributed by atoms with Gasteiger partial charge in [-0.2, -0.15) is 0 Å². The summed E-state index contributed by atoms with van der Waals surface area (Å²) in [7, 11) is 0. The number of aromatic carboxylic acids is 1. The number of unbranched alkanes of at least 4 members (excludes halogenated alkanes) is 1. The minimum Gasteiger partial charge on any atom is -0.477 e. The van der Waals surface area contributed by atoms with Crippen LogP contribution in [-0.2, 0) is 6.42 Å². The van der Waals surface area contributed by atoms with Crippen molar-refractivity contribution in [3.05, 3.63) is 46.2 Å². The molecule has 0 saturated carbocycles. The van der Waals surface area contributed by atoms with E-state index < -0.39 is 5.97 Å². The van der Waals surface area contributed by atoms with E-state index in [2.05, 4.69) is 19.1 Å². The number of carbonyl (C=O) groups is 1. The van der Waals surface area contributed by atoms with Crippen LogP contribution in [-0.4, -0.2) is 11.1 Å². The summed E-state index contributed by atoms with van der Waals surface area (Å²) in [4.78, 5) is 11.5. The minimum atomic E-state index is -0.852. The Morgan fingerprint density at radius 1 is 1.22 bits per heavy atom. The molecule has 2 aromatic rings. The fraction of sp³-hybridized carbons (Fsp3) is 0.267. The number of thiophene rings is 1. The number of carboxylic acid groups (broad SMARTS) is 1. The largest absolute Gasteiger partial charge is 0.477 e. The summed E-state index contributed by atoms with van der Waals surface area (Å²) in [5.74, 6) is -0.852. The van der Waals surface area contributed by atoms with Crippen molar-refractivity contribution in [1.29, 1.82) is 0 Å². The highest BCUT2D eigenvalue weighted by Gasteiger charge is 2.12. The lowest BCUT2D eigenvalue weighted by Crippen LogP contribution is -1.94. The van der Waals surface area contributed by atoms with E-state index in [1.54, 1.807) is 0 Å². The van der Waals surface area contributed by atoms with Gasteiger partial charge in [-0.3, -0.25) is 0 Å². The van der Waals surface area contributed by atoms with Crippen molar-refractivity contribution in [1.82, 2.24) is 0 Å². The van der Waals surface area contributed by atoms with Crippen molar-refractivity contribution in [3.63, 3.8) is 0 Å². The molecule has 0 atom stereocenters. The summed E-state index contributed by atoms with van der Waals surface area (Å²) in [5.41, 5.74) is 3.11. The van der Waals surface area contributed by atoms with Gasteiger partial charge in [-0.25, -0.2) is 4.79 Å². The summed E-state index contributed by atoms with van der Waals surface area (Å²) < 4.78 is 0.